The van der Waals surface area contributed by atoms with Crippen LogP contribution in [0.3, 0.4) is 0 Å². The Morgan fingerprint density at radius 2 is 1.14 bits per heavy atom. The van der Waals surface area contributed by atoms with Gasteiger partial charge in [-0.3, -0.25) is 4.79 Å². The number of halogens is 2. The number of rotatable bonds is 10. The van der Waals surface area contributed by atoms with Crippen LogP contribution in [0.2, 0.25) is 0 Å². The van der Waals surface area contributed by atoms with Crippen LogP contribution in [0.4, 0.5) is 8.78 Å². The maximum atomic E-state index is 12.9. The Morgan fingerprint density at radius 3 is 1.65 bits per heavy atom. The number of ketones is 1. The molecule has 0 aromatic heterocycles. The predicted octanol–water partition coefficient (Wildman–Crippen LogP) is 9.32. The summed E-state index contributed by atoms with van der Waals surface area (Å²) in [7, 11) is 0. The van der Waals surface area contributed by atoms with Crippen LogP contribution in [0.15, 0.2) is 109 Å². The van der Waals surface area contributed by atoms with Gasteiger partial charge in [-0.1, -0.05) is 74.2 Å². The number of esters is 2. The minimum Gasteiger partial charge on any atom is -0.462 e. The Hall–Kier alpha value is -4.91. The first-order valence-corrected chi connectivity index (χ1v) is 16.5. The van der Waals surface area contributed by atoms with Crippen molar-refractivity contribution in [3.63, 3.8) is 0 Å². The third-order valence-corrected chi connectivity index (χ3v) is 9.66. The first-order chi connectivity index (χ1) is 23.3. The number of ether oxygens (including phenoxy) is 2. The quantitative estimate of drug-likeness (QED) is 0.0935. The lowest BCUT2D eigenvalue weighted by atomic mass is 9.94. The minimum absolute atomic E-state index is 0. The van der Waals surface area contributed by atoms with E-state index in [-0.39, 0.29) is 30.8 Å². The number of carbonyl (C=O) groups excluding carboxylic acids is 3. The summed E-state index contributed by atoms with van der Waals surface area (Å²) in [6, 6.07) is 18.4. The molecular weight excluding hydrogens is 622 g/mol. The molecule has 0 spiro atoms. The van der Waals surface area contributed by atoms with Crippen LogP contribution >= 0.6 is 0 Å². The summed E-state index contributed by atoms with van der Waals surface area (Å²) >= 11 is 0. The van der Waals surface area contributed by atoms with Crippen molar-refractivity contribution in [3.8, 4) is 0 Å². The summed E-state index contributed by atoms with van der Waals surface area (Å²) < 4.78 is 36.5. The zero-order valence-electron chi connectivity index (χ0n) is 26.6. The second kappa shape index (κ2) is 16.5. The van der Waals surface area contributed by atoms with E-state index in [9.17, 15) is 23.2 Å². The number of carbonyl (C=O) groups is 3. The lowest BCUT2D eigenvalue weighted by Crippen LogP contribution is -2.18. The molecule has 49 heavy (non-hydrogen) atoms. The lowest BCUT2D eigenvalue weighted by molar-refractivity contribution is -0.139. The van der Waals surface area contributed by atoms with Crippen LogP contribution in [0.5, 0.6) is 0 Å². The van der Waals surface area contributed by atoms with Crippen LogP contribution in [0.1, 0.15) is 65.0 Å². The maximum Gasteiger partial charge on any atom is 0.338 e. The fourth-order valence-electron chi connectivity index (χ4n) is 7.06. The van der Waals surface area contributed by atoms with Crippen molar-refractivity contribution in [1.29, 1.82) is 0 Å². The van der Waals surface area contributed by atoms with Gasteiger partial charge in [-0.25, -0.2) is 18.4 Å². The predicted molar refractivity (Wildman–Crippen MR) is 187 cm³/mol. The molecular formula is C42H42F2O5. The Bertz CT molecular complexity index is 1740. The van der Waals surface area contributed by atoms with Crippen molar-refractivity contribution in [2.24, 2.45) is 35.5 Å². The molecule has 4 aliphatic rings. The van der Waals surface area contributed by atoms with Crippen molar-refractivity contribution in [2.45, 2.75) is 33.1 Å². The number of benzene rings is 3. The van der Waals surface area contributed by atoms with E-state index < -0.39 is 5.97 Å². The molecule has 2 saturated carbocycles. The van der Waals surface area contributed by atoms with Crippen molar-refractivity contribution in [2.75, 3.05) is 13.2 Å². The van der Waals surface area contributed by atoms with Crippen molar-refractivity contribution < 1.29 is 32.6 Å². The van der Waals surface area contributed by atoms with Gasteiger partial charge in [0.2, 0.25) is 0 Å². The first-order valence-electron chi connectivity index (χ1n) is 16.5. The Kier molecular flexibility index (Phi) is 11.9. The van der Waals surface area contributed by atoms with E-state index in [1.807, 2.05) is 0 Å². The van der Waals surface area contributed by atoms with Crippen LogP contribution in [-0.4, -0.2) is 30.9 Å². The summed E-state index contributed by atoms with van der Waals surface area (Å²) in [5, 5.41) is 0. The van der Waals surface area contributed by atoms with E-state index in [0.29, 0.717) is 59.8 Å². The van der Waals surface area contributed by atoms with E-state index >= 15 is 0 Å². The minimum atomic E-state index is -0.399. The summed E-state index contributed by atoms with van der Waals surface area (Å²) in [4.78, 5) is 36.4. The summed E-state index contributed by atoms with van der Waals surface area (Å²) in [6.45, 7) is 0.922. The molecule has 254 valence electrons. The average Bonchev–Trinajstić information content (AvgIpc) is 3.93. The molecule has 4 bridgehead atoms. The molecule has 0 amide bonds. The standard InChI is InChI=1S/C24H21FO3.C17H17FO2.CH4/c25-22-9-5-16(6-10-22)7-11-23(26)19-2-1-3-20(14-19)24(27)28-15-21-13-17-4-8-18(21)12-17;18-16-6-2-12(3-7-16)4-8-17(19)20-11-15-10-13-1-5-14(15)9-13;/h1-11,14,17-18,21H,12-13,15H2;1-8,13-15H,9-11H2;1H4/b11-7+;8-4+;. The van der Waals surface area contributed by atoms with Crippen molar-refractivity contribution in [1.82, 2.24) is 0 Å². The van der Waals surface area contributed by atoms with Gasteiger partial charge in [0.15, 0.2) is 5.78 Å². The van der Waals surface area contributed by atoms with Crippen LogP contribution in [-0.2, 0) is 14.3 Å². The van der Waals surface area contributed by atoms with Gasteiger partial charge >= 0.3 is 11.9 Å². The Balaban J connectivity index is 0.000000197. The highest BCUT2D eigenvalue weighted by Gasteiger charge is 2.37. The molecule has 0 heterocycles. The van der Waals surface area contributed by atoms with Crippen molar-refractivity contribution >= 4 is 29.9 Å². The van der Waals surface area contributed by atoms with Gasteiger partial charge in [0.05, 0.1) is 18.8 Å². The van der Waals surface area contributed by atoms with Gasteiger partial charge in [0.25, 0.3) is 0 Å². The topological polar surface area (TPSA) is 69.7 Å². The number of fused-ring (bicyclic) bond motifs is 4. The van der Waals surface area contributed by atoms with Gasteiger partial charge in [0, 0.05) is 11.6 Å². The van der Waals surface area contributed by atoms with Gasteiger partial charge in [-0.05, 0) is 121 Å². The Morgan fingerprint density at radius 1 is 0.633 bits per heavy atom. The molecule has 0 saturated heterocycles. The molecule has 7 rings (SSSR count). The second-order valence-corrected chi connectivity index (χ2v) is 13.0. The monoisotopic (exact) mass is 664 g/mol. The highest BCUT2D eigenvalue weighted by atomic mass is 19.1. The van der Waals surface area contributed by atoms with Crippen LogP contribution < -0.4 is 0 Å². The van der Waals surface area contributed by atoms with E-state index in [1.165, 1.54) is 49.3 Å². The molecule has 2 fully saturated rings. The lowest BCUT2D eigenvalue weighted by Gasteiger charge is -2.17. The first kappa shape index (κ1) is 35.4. The normalized spacial score (nSPS) is 24.1. The number of allylic oxidation sites excluding steroid dienone is 5. The zero-order chi connectivity index (χ0) is 33.5. The van der Waals surface area contributed by atoms with Gasteiger partial charge < -0.3 is 9.47 Å². The van der Waals surface area contributed by atoms with E-state index in [2.05, 4.69) is 24.3 Å². The van der Waals surface area contributed by atoms with E-state index in [4.69, 9.17) is 9.47 Å². The maximum absolute atomic E-state index is 12.9. The molecule has 6 atom stereocenters. The fourth-order valence-corrected chi connectivity index (χ4v) is 7.06. The highest BCUT2D eigenvalue weighted by molar-refractivity contribution is 6.08. The molecule has 4 aliphatic carbocycles. The summed E-state index contributed by atoms with van der Waals surface area (Å²) in [5.74, 6) is 1.78. The third-order valence-electron chi connectivity index (χ3n) is 9.66. The molecule has 3 aromatic rings. The molecule has 0 N–H and O–H groups in total. The molecule has 3 aromatic carbocycles. The fraction of sp³-hybridized carbons (Fsp3) is 0.310. The average molecular weight is 665 g/mol. The third kappa shape index (κ3) is 9.59. The van der Waals surface area contributed by atoms with Crippen LogP contribution in [0, 0.1) is 47.1 Å². The second-order valence-electron chi connectivity index (χ2n) is 13.0. The highest BCUT2D eigenvalue weighted by Crippen LogP contribution is 2.44. The van der Waals surface area contributed by atoms with Crippen LogP contribution in [0.25, 0.3) is 12.2 Å². The van der Waals surface area contributed by atoms with E-state index in [1.54, 1.807) is 60.7 Å². The SMILES string of the molecule is C.O=C(/C=C/c1ccc(F)cc1)OCC1CC2C=CC1C2.O=C(/C=C/c1ccc(F)cc1)c1cccc(C(=O)OCC2CC3C=CC2C3)c1. The largest absolute Gasteiger partial charge is 0.462 e. The number of hydrogen-bond donors (Lipinski definition) is 0. The molecule has 7 heteroatoms. The summed E-state index contributed by atoms with van der Waals surface area (Å²) in [5.41, 5.74) is 2.30. The van der Waals surface area contributed by atoms with Gasteiger partial charge in [0.1, 0.15) is 11.6 Å². The number of hydrogen-bond acceptors (Lipinski definition) is 5. The molecule has 5 nitrogen and oxygen atoms in total. The van der Waals surface area contributed by atoms with Crippen molar-refractivity contribution in [3.05, 3.63) is 143 Å². The summed E-state index contributed by atoms with van der Waals surface area (Å²) in [6.07, 6.45) is 19.7. The van der Waals surface area contributed by atoms with Gasteiger partial charge in [-0.2, -0.15) is 0 Å². The Labute approximate surface area is 287 Å². The molecule has 0 aliphatic heterocycles. The van der Waals surface area contributed by atoms with E-state index in [0.717, 1.165) is 24.0 Å². The smallest absolute Gasteiger partial charge is 0.338 e. The molecule has 0 radical (unpaired) electrons. The molecule has 6 unspecified atom stereocenters. The van der Waals surface area contributed by atoms with Gasteiger partial charge in [-0.15, -0.1) is 0 Å². The zero-order valence-corrected chi connectivity index (χ0v) is 26.6.